The van der Waals surface area contributed by atoms with Gasteiger partial charge in [-0.1, -0.05) is 289 Å². The van der Waals surface area contributed by atoms with Gasteiger partial charge in [0.25, 0.3) is 0 Å². The summed E-state index contributed by atoms with van der Waals surface area (Å²) in [7, 11) is 0. The Kier molecular flexibility index (Phi) is 51.1. The van der Waals surface area contributed by atoms with Crippen LogP contribution in [-0.4, -0.2) is 46.6 Å². The van der Waals surface area contributed by atoms with Crippen molar-refractivity contribution in [1.82, 2.24) is 5.32 Å². The highest BCUT2D eigenvalue weighted by atomic mass is 16.3. The molecule has 4 N–H and O–H groups in total. The lowest BCUT2D eigenvalue weighted by Crippen LogP contribution is -2.45. The first-order valence-electron chi connectivity index (χ1n) is 27.3. The number of rotatable bonds is 52. The number of aliphatic hydroxyl groups excluding tert-OH is 3. The second kappa shape index (κ2) is 51.7. The molecule has 2 atom stereocenters. The van der Waals surface area contributed by atoms with E-state index in [1.165, 1.54) is 263 Å². The van der Waals surface area contributed by atoms with Gasteiger partial charge in [-0.25, -0.2) is 0 Å². The lowest BCUT2D eigenvalue weighted by atomic mass is 10.0. The molecule has 1 amide bonds. The van der Waals surface area contributed by atoms with Crippen LogP contribution in [-0.2, 0) is 4.79 Å². The van der Waals surface area contributed by atoms with Gasteiger partial charge in [-0.15, -0.1) is 0 Å². The van der Waals surface area contributed by atoms with E-state index >= 15 is 0 Å². The van der Waals surface area contributed by atoms with E-state index in [0.717, 1.165) is 32.1 Å². The molecule has 0 radical (unpaired) electrons. The van der Waals surface area contributed by atoms with E-state index in [0.29, 0.717) is 19.4 Å². The van der Waals surface area contributed by atoms with Crippen LogP contribution in [0.5, 0.6) is 0 Å². The maximum atomic E-state index is 12.4. The number of aliphatic hydroxyl groups is 3. The Morgan fingerprint density at radius 2 is 0.593 bits per heavy atom. The monoisotopic (exact) mass is 836 g/mol. The molecule has 354 valence electrons. The minimum Gasteiger partial charge on any atom is -0.396 e. The number of hydrogen-bond donors (Lipinski definition) is 4. The van der Waals surface area contributed by atoms with E-state index in [1.807, 2.05) is 0 Å². The van der Waals surface area contributed by atoms with Gasteiger partial charge >= 0.3 is 0 Å². The highest BCUT2D eigenvalue weighted by Gasteiger charge is 2.20. The molecule has 0 aromatic heterocycles. The Hall–Kier alpha value is -0.650. The van der Waals surface area contributed by atoms with Gasteiger partial charge in [-0.05, 0) is 19.3 Å². The zero-order chi connectivity index (χ0) is 42.8. The van der Waals surface area contributed by atoms with Gasteiger partial charge in [-0.3, -0.25) is 4.79 Å². The summed E-state index contributed by atoms with van der Waals surface area (Å²) in [5.74, 6) is -0.0267. The zero-order valence-electron chi connectivity index (χ0n) is 40.3. The molecule has 0 aromatic rings. The number of amides is 1. The zero-order valence-corrected chi connectivity index (χ0v) is 40.3. The van der Waals surface area contributed by atoms with Crippen LogP contribution in [0, 0.1) is 0 Å². The molecule has 0 rings (SSSR count). The van der Waals surface area contributed by atoms with E-state index < -0.39 is 12.1 Å². The fraction of sp³-hybridized carbons (Fsp3) is 0.981. The topological polar surface area (TPSA) is 89.8 Å². The van der Waals surface area contributed by atoms with Gasteiger partial charge in [0.2, 0.25) is 5.91 Å². The van der Waals surface area contributed by atoms with Crippen LogP contribution in [0.15, 0.2) is 0 Å². The van der Waals surface area contributed by atoms with Gasteiger partial charge in [0.05, 0.1) is 18.8 Å². The van der Waals surface area contributed by atoms with E-state index in [9.17, 15) is 15.0 Å². The third kappa shape index (κ3) is 48.2. The Labute approximate surface area is 370 Å². The largest absolute Gasteiger partial charge is 0.396 e. The van der Waals surface area contributed by atoms with Crippen LogP contribution in [0.1, 0.15) is 315 Å². The van der Waals surface area contributed by atoms with E-state index in [2.05, 4.69) is 12.2 Å². The fourth-order valence-electron chi connectivity index (χ4n) is 8.99. The van der Waals surface area contributed by atoms with E-state index in [1.54, 1.807) is 0 Å². The Balaban J connectivity index is 3.33. The van der Waals surface area contributed by atoms with Gasteiger partial charge in [0.1, 0.15) is 0 Å². The molecule has 0 bridgehead atoms. The molecule has 59 heavy (non-hydrogen) atoms. The lowest BCUT2D eigenvalue weighted by Gasteiger charge is -2.22. The molecule has 0 aliphatic carbocycles. The summed E-state index contributed by atoms with van der Waals surface area (Å²) in [6, 6.07) is -0.532. The van der Waals surface area contributed by atoms with Gasteiger partial charge in [0.15, 0.2) is 0 Å². The second-order valence-corrected chi connectivity index (χ2v) is 19.1. The summed E-state index contributed by atoms with van der Waals surface area (Å²) in [6.45, 7) is 2.45. The predicted molar refractivity (Wildman–Crippen MR) is 259 cm³/mol. The summed E-state index contributed by atoms with van der Waals surface area (Å²) in [6.07, 6.45) is 62.5. The van der Waals surface area contributed by atoms with Crippen LogP contribution >= 0.6 is 0 Å². The number of hydrogen-bond acceptors (Lipinski definition) is 4. The van der Waals surface area contributed by atoms with E-state index in [4.69, 9.17) is 5.11 Å². The molecule has 5 heteroatoms. The standard InChI is InChI=1S/C54H109NO4/c1-2-3-4-5-6-7-8-30-33-36-39-42-45-48-53(58)52(51-57)55-54(59)49-46-43-40-37-34-31-28-26-24-22-20-18-16-14-12-10-9-11-13-15-17-19-21-23-25-27-29-32-35-38-41-44-47-50-56/h52-53,56-58H,2-51H2,1H3,(H,55,59)/t52-,53+/m0/s1. The molecule has 0 spiro atoms. The SMILES string of the molecule is CCCCCCCCCCCCCCC[C@@H](O)[C@H](CO)NC(=O)CCCCCCCCCCCCCCCCCCCCCCCCCCCCCCCCCCCO. The molecular weight excluding hydrogens is 727 g/mol. The molecule has 0 aliphatic heterocycles. The van der Waals surface area contributed by atoms with Crippen LogP contribution in [0.25, 0.3) is 0 Å². The predicted octanol–water partition coefficient (Wildman–Crippen LogP) is 16.6. The quantitative estimate of drug-likeness (QED) is 0.0460. The maximum absolute atomic E-state index is 12.4. The molecule has 0 saturated carbocycles. The molecule has 0 aliphatic rings. The molecule has 0 fully saturated rings. The van der Waals surface area contributed by atoms with Crippen molar-refractivity contribution in [2.45, 2.75) is 327 Å². The van der Waals surface area contributed by atoms with Gasteiger partial charge < -0.3 is 20.6 Å². The van der Waals surface area contributed by atoms with Crippen LogP contribution in [0.4, 0.5) is 0 Å². The van der Waals surface area contributed by atoms with Crippen molar-refractivity contribution >= 4 is 5.91 Å². The van der Waals surface area contributed by atoms with Gasteiger partial charge in [0, 0.05) is 13.0 Å². The average molecular weight is 836 g/mol. The lowest BCUT2D eigenvalue weighted by molar-refractivity contribution is -0.123. The Bertz CT molecular complexity index is 777. The summed E-state index contributed by atoms with van der Waals surface area (Å²) in [5, 5.41) is 32.0. The third-order valence-corrected chi connectivity index (χ3v) is 13.2. The third-order valence-electron chi connectivity index (χ3n) is 13.2. The first-order chi connectivity index (χ1) is 29.2. The van der Waals surface area contributed by atoms with E-state index in [-0.39, 0.29) is 12.5 Å². The van der Waals surface area contributed by atoms with Crippen molar-refractivity contribution in [3.05, 3.63) is 0 Å². The second-order valence-electron chi connectivity index (χ2n) is 19.1. The van der Waals surface area contributed by atoms with Crippen molar-refractivity contribution in [3.63, 3.8) is 0 Å². The number of nitrogens with one attached hydrogen (secondary N) is 1. The number of carbonyl (C=O) groups excluding carboxylic acids is 1. The Morgan fingerprint density at radius 1 is 0.356 bits per heavy atom. The molecular formula is C54H109NO4. The summed E-state index contributed by atoms with van der Waals surface area (Å²) in [4.78, 5) is 12.4. The van der Waals surface area contributed by atoms with Crippen LogP contribution in [0.3, 0.4) is 0 Å². The fourth-order valence-corrected chi connectivity index (χ4v) is 8.99. The smallest absolute Gasteiger partial charge is 0.220 e. The Morgan fingerprint density at radius 3 is 0.847 bits per heavy atom. The first-order valence-corrected chi connectivity index (χ1v) is 27.3. The first kappa shape index (κ1) is 58.4. The molecule has 0 unspecified atom stereocenters. The summed E-state index contributed by atoms with van der Waals surface area (Å²) in [5.41, 5.74) is 0. The minimum atomic E-state index is -0.656. The average Bonchev–Trinajstić information content (AvgIpc) is 3.24. The molecule has 0 aromatic carbocycles. The summed E-state index contributed by atoms with van der Waals surface area (Å²) < 4.78 is 0. The van der Waals surface area contributed by atoms with Crippen molar-refractivity contribution in [3.8, 4) is 0 Å². The van der Waals surface area contributed by atoms with Crippen molar-refractivity contribution in [2.75, 3.05) is 13.2 Å². The summed E-state index contributed by atoms with van der Waals surface area (Å²) >= 11 is 0. The van der Waals surface area contributed by atoms with Crippen LogP contribution in [0.2, 0.25) is 0 Å². The van der Waals surface area contributed by atoms with Crippen LogP contribution < -0.4 is 5.32 Å². The molecule has 0 heterocycles. The van der Waals surface area contributed by atoms with Gasteiger partial charge in [-0.2, -0.15) is 0 Å². The highest BCUT2D eigenvalue weighted by molar-refractivity contribution is 5.76. The highest BCUT2D eigenvalue weighted by Crippen LogP contribution is 2.18. The normalized spacial score (nSPS) is 12.7. The van der Waals surface area contributed by atoms with Crippen molar-refractivity contribution < 1.29 is 20.1 Å². The van der Waals surface area contributed by atoms with Crippen molar-refractivity contribution in [2.24, 2.45) is 0 Å². The van der Waals surface area contributed by atoms with Crippen molar-refractivity contribution in [1.29, 1.82) is 0 Å². The number of carbonyl (C=O) groups is 1. The maximum Gasteiger partial charge on any atom is 0.220 e. The number of unbranched alkanes of at least 4 members (excludes halogenated alkanes) is 44. The molecule has 0 saturated heterocycles. The minimum absolute atomic E-state index is 0.0267. The molecule has 5 nitrogen and oxygen atoms in total.